The van der Waals surface area contributed by atoms with Crippen LogP contribution in [0.3, 0.4) is 0 Å². The normalized spacial score (nSPS) is 13.4. The molecule has 0 saturated carbocycles. The number of urea groups is 1. The molecule has 8 nitrogen and oxygen atoms in total. The molecule has 8 heteroatoms. The standard InChI is InChI=1S/C12H12N2O6/c1-6(10(15)14-12(13)17)20-11(16)7-2-3-8-9(4-7)19-5-18-8/h2-4,6H,5H2,1H3,(H3,13,14,15,17). The highest BCUT2D eigenvalue weighted by molar-refractivity contribution is 5.98. The first-order valence-electron chi connectivity index (χ1n) is 5.68. The summed E-state index contributed by atoms with van der Waals surface area (Å²) in [5, 5.41) is 1.82. The summed E-state index contributed by atoms with van der Waals surface area (Å²) in [6, 6.07) is 3.48. The number of carbonyl (C=O) groups is 3. The van der Waals surface area contributed by atoms with Gasteiger partial charge in [0.1, 0.15) is 0 Å². The smallest absolute Gasteiger partial charge is 0.339 e. The SMILES string of the molecule is CC(OC(=O)c1ccc2c(c1)OCO2)C(=O)NC(N)=O. The van der Waals surface area contributed by atoms with Crippen LogP contribution in [0.2, 0.25) is 0 Å². The summed E-state index contributed by atoms with van der Waals surface area (Å²) in [4.78, 5) is 33.7. The molecule has 3 N–H and O–H groups in total. The summed E-state index contributed by atoms with van der Waals surface area (Å²) in [6.07, 6.45) is -1.15. The Labute approximate surface area is 113 Å². The Kier molecular flexibility index (Phi) is 3.74. The first kappa shape index (κ1) is 13.7. The van der Waals surface area contributed by atoms with E-state index in [-0.39, 0.29) is 12.4 Å². The Morgan fingerprint density at radius 3 is 2.70 bits per heavy atom. The predicted molar refractivity (Wildman–Crippen MR) is 65.2 cm³/mol. The molecule has 20 heavy (non-hydrogen) atoms. The molecule has 0 saturated heterocycles. The maximum Gasteiger partial charge on any atom is 0.339 e. The molecule has 1 aromatic carbocycles. The van der Waals surface area contributed by atoms with Crippen molar-refractivity contribution in [1.82, 2.24) is 5.32 Å². The number of nitrogens with one attached hydrogen (secondary N) is 1. The second-order valence-corrected chi connectivity index (χ2v) is 3.97. The molecule has 1 aliphatic heterocycles. The summed E-state index contributed by atoms with van der Waals surface area (Å²) in [5.74, 6) is -0.572. The van der Waals surface area contributed by atoms with Gasteiger partial charge in [0.25, 0.3) is 5.91 Å². The van der Waals surface area contributed by atoms with Gasteiger partial charge in [0, 0.05) is 0 Å². The fourth-order valence-electron chi connectivity index (χ4n) is 1.53. The Morgan fingerprint density at radius 1 is 1.30 bits per heavy atom. The monoisotopic (exact) mass is 280 g/mol. The predicted octanol–water partition coefficient (Wildman–Crippen LogP) is 0.156. The van der Waals surface area contributed by atoms with Crippen LogP contribution >= 0.6 is 0 Å². The molecule has 2 rings (SSSR count). The van der Waals surface area contributed by atoms with E-state index < -0.39 is 24.0 Å². The van der Waals surface area contributed by atoms with Gasteiger partial charge in [-0.25, -0.2) is 9.59 Å². The van der Waals surface area contributed by atoms with Gasteiger partial charge >= 0.3 is 12.0 Å². The molecule has 0 radical (unpaired) electrons. The lowest BCUT2D eigenvalue weighted by molar-refractivity contribution is -0.127. The van der Waals surface area contributed by atoms with E-state index in [0.717, 1.165) is 0 Å². The lowest BCUT2D eigenvalue weighted by Gasteiger charge is -2.12. The molecule has 0 fully saturated rings. The zero-order valence-electron chi connectivity index (χ0n) is 10.5. The van der Waals surface area contributed by atoms with Crippen molar-refractivity contribution in [2.24, 2.45) is 5.73 Å². The number of ether oxygens (including phenoxy) is 3. The van der Waals surface area contributed by atoms with Gasteiger partial charge < -0.3 is 19.9 Å². The van der Waals surface area contributed by atoms with Gasteiger partial charge in [0.05, 0.1) is 5.56 Å². The molecule has 0 bridgehead atoms. The first-order chi connectivity index (χ1) is 9.47. The van der Waals surface area contributed by atoms with Gasteiger partial charge in [0.2, 0.25) is 6.79 Å². The number of benzene rings is 1. The number of amides is 3. The number of primary amides is 1. The molecule has 1 heterocycles. The molecule has 0 aromatic heterocycles. The average Bonchev–Trinajstić information content (AvgIpc) is 2.84. The van der Waals surface area contributed by atoms with Crippen LogP contribution < -0.4 is 20.5 Å². The summed E-state index contributed by atoms with van der Waals surface area (Å²) >= 11 is 0. The minimum atomic E-state index is -1.15. The number of hydrogen-bond donors (Lipinski definition) is 2. The maximum atomic E-state index is 11.8. The summed E-state index contributed by atoms with van der Waals surface area (Å²) in [6.45, 7) is 1.41. The van der Waals surface area contributed by atoms with E-state index in [0.29, 0.717) is 11.5 Å². The van der Waals surface area contributed by atoms with E-state index in [4.69, 9.17) is 19.9 Å². The molecule has 1 aromatic rings. The van der Waals surface area contributed by atoms with Crippen molar-refractivity contribution >= 4 is 17.9 Å². The Hall–Kier alpha value is -2.77. The summed E-state index contributed by atoms with van der Waals surface area (Å²) < 4.78 is 15.1. The molecular weight excluding hydrogens is 268 g/mol. The van der Waals surface area contributed by atoms with E-state index >= 15 is 0 Å². The molecule has 1 atom stereocenters. The molecule has 3 amide bonds. The van der Waals surface area contributed by atoms with Crippen LogP contribution in [0.5, 0.6) is 11.5 Å². The van der Waals surface area contributed by atoms with E-state index in [1.54, 1.807) is 6.07 Å². The zero-order chi connectivity index (χ0) is 14.7. The third-order valence-corrected chi connectivity index (χ3v) is 2.51. The van der Waals surface area contributed by atoms with Crippen LogP contribution in [0, 0.1) is 0 Å². The third kappa shape index (κ3) is 2.97. The maximum absolute atomic E-state index is 11.8. The van der Waals surface area contributed by atoms with Crippen LogP contribution in [-0.4, -0.2) is 30.8 Å². The topological polar surface area (TPSA) is 117 Å². The number of imide groups is 1. The fraction of sp³-hybridized carbons (Fsp3) is 0.250. The quantitative estimate of drug-likeness (QED) is 0.761. The highest BCUT2D eigenvalue weighted by atomic mass is 16.7. The number of carbonyl (C=O) groups excluding carboxylic acids is 3. The first-order valence-corrected chi connectivity index (χ1v) is 5.68. The molecule has 0 spiro atoms. The number of esters is 1. The van der Waals surface area contributed by atoms with E-state index in [1.807, 2.05) is 5.32 Å². The molecule has 0 aliphatic carbocycles. The van der Waals surface area contributed by atoms with Crippen molar-refractivity contribution in [1.29, 1.82) is 0 Å². The van der Waals surface area contributed by atoms with Crippen LogP contribution in [0.1, 0.15) is 17.3 Å². The van der Waals surface area contributed by atoms with Gasteiger partial charge in [-0.2, -0.15) is 0 Å². The zero-order valence-corrected chi connectivity index (χ0v) is 10.5. The number of nitrogens with two attached hydrogens (primary N) is 1. The lowest BCUT2D eigenvalue weighted by Crippen LogP contribution is -2.42. The Morgan fingerprint density at radius 2 is 2.00 bits per heavy atom. The third-order valence-electron chi connectivity index (χ3n) is 2.51. The second-order valence-electron chi connectivity index (χ2n) is 3.97. The minimum Gasteiger partial charge on any atom is -0.454 e. The van der Waals surface area contributed by atoms with Crippen molar-refractivity contribution in [3.8, 4) is 11.5 Å². The van der Waals surface area contributed by atoms with E-state index in [9.17, 15) is 14.4 Å². The van der Waals surface area contributed by atoms with Crippen molar-refractivity contribution in [3.05, 3.63) is 23.8 Å². The van der Waals surface area contributed by atoms with E-state index in [1.165, 1.54) is 19.1 Å². The number of hydrogen-bond acceptors (Lipinski definition) is 6. The average molecular weight is 280 g/mol. The van der Waals surface area contributed by atoms with Crippen molar-refractivity contribution < 1.29 is 28.6 Å². The summed E-state index contributed by atoms with van der Waals surface area (Å²) in [7, 11) is 0. The minimum absolute atomic E-state index is 0.0885. The number of fused-ring (bicyclic) bond motifs is 1. The summed E-state index contributed by atoms with van der Waals surface area (Å²) in [5.41, 5.74) is 4.99. The Balaban J connectivity index is 2.01. The van der Waals surface area contributed by atoms with Gasteiger partial charge in [-0.1, -0.05) is 0 Å². The van der Waals surface area contributed by atoms with Crippen molar-refractivity contribution in [3.63, 3.8) is 0 Å². The lowest BCUT2D eigenvalue weighted by atomic mass is 10.2. The second kappa shape index (κ2) is 5.47. The van der Waals surface area contributed by atoms with Gasteiger partial charge in [-0.15, -0.1) is 0 Å². The Bertz CT molecular complexity index is 571. The fourth-order valence-corrected chi connectivity index (χ4v) is 1.53. The molecule has 1 unspecified atom stereocenters. The van der Waals surface area contributed by atoms with Crippen molar-refractivity contribution in [2.75, 3.05) is 6.79 Å². The van der Waals surface area contributed by atoms with Crippen LogP contribution in [0.15, 0.2) is 18.2 Å². The van der Waals surface area contributed by atoms with Gasteiger partial charge in [-0.05, 0) is 25.1 Å². The highest BCUT2D eigenvalue weighted by Gasteiger charge is 2.22. The largest absolute Gasteiger partial charge is 0.454 e. The number of rotatable bonds is 3. The molecule has 106 valence electrons. The van der Waals surface area contributed by atoms with Crippen LogP contribution in [-0.2, 0) is 9.53 Å². The highest BCUT2D eigenvalue weighted by Crippen LogP contribution is 2.32. The van der Waals surface area contributed by atoms with Crippen LogP contribution in [0.25, 0.3) is 0 Å². The van der Waals surface area contributed by atoms with Crippen LogP contribution in [0.4, 0.5) is 4.79 Å². The molecular formula is C12H12N2O6. The van der Waals surface area contributed by atoms with E-state index in [2.05, 4.69) is 0 Å². The molecule has 1 aliphatic rings. The van der Waals surface area contributed by atoms with Gasteiger partial charge in [0.15, 0.2) is 17.6 Å². The van der Waals surface area contributed by atoms with Crippen molar-refractivity contribution in [2.45, 2.75) is 13.0 Å². The van der Waals surface area contributed by atoms with Gasteiger partial charge in [-0.3, -0.25) is 10.1 Å².